The zero-order valence-corrected chi connectivity index (χ0v) is 33.3. The number of aliphatic hydroxyl groups excluding tert-OH is 1. The fraction of sp³-hybridized carbons (Fsp3) is 0.775. The Bertz CT molecular complexity index is 1030. The number of carbonyl (C=O) groups excluding carboxylic acids is 2. The first-order valence-electron chi connectivity index (χ1n) is 20.0. The Morgan fingerprint density at radius 2 is 1.10 bits per heavy atom. The molecule has 52 heavy (non-hydrogen) atoms. The second-order valence-electron chi connectivity index (χ2n) is 13.5. The molecule has 0 aromatic heterocycles. The topological polar surface area (TPSA) is 169 Å². The summed E-state index contributed by atoms with van der Waals surface area (Å²) in [5.74, 6) is -2.40. The Kier molecular flexibility index (Phi) is 34.1. The van der Waals surface area contributed by atoms with Gasteiger partial charge in [0.15, 0.2) is 6.04 Å². The van der Waals surface area contributed by atoms with Crippen LogP contribution in [0, 0.1) is 0 Å². The summed E-state index contributed by atoms with van der Waals surface area (Å²) in [7, 11) is -4.75. The molecule has 0 fully saturated rings. The van der Waals surface area contributed by atoms with Crippen LogP contribution in [0.25, 0.3) is 0 Å². The average molecular weight is 758 g/mol. The molecule has 0 aliphatic carbocycles. The summed E-state index contributed by atoms with van der Waals surface area (Å²) < 4.78 is 26.7. The van der Waals surface area contributed by atoms with E-state index >= 15 is 0 Å². The number of allylic oxidation sites excluding steroid dienone is 6. The van der Waals surface area contributed by atoms with Crippen LogP contribution in [0.4, 0.5) is 0 Å². The van der Waals surface area contributed by atoms with Gasteiger partial charge in [-0.1, -0.05) is 127 Å². The van der Waals surface area contributed by atoms with Gasteiger partial charge in [-0.15, -0.1) is 0 Å². The third-order valence-corrected chi connectivity index (χ3v) is 9.33. The number of unbranched alkanes of at least 4 members (excludes halogenated alkanes) is 17. The van der Waals surface area contributed by atoms with Crippen LogP contribution in [-0.2, 0) is 32.7 Å². The second-order valence-corrected chi connectivity index (χ2v) is 14.9. The zero-order valence-electron chi connectivity index (χ0n) is 32.4. The summed E-state index contributed by atoms with van der Waals surface area (Å²) in [4.78, 5) is 45.7. The Morgan fingerprint density at radius 3 is 1.65 bits per heavy atom. The lowest BCUT2D eigenvalue weighted by Gasteiger charge is -2.18. The van der Waals surface area contributed by atoms with E-state index in [9.17, 15) is 34.1 Å². The molecule has 1 amide bonds. The Morgan fingerprint density at radius 1 is 0.615 bits per heavy atom. The van der Waals surface area contributed by atoms with Crippen LogP contribution in [0.15, 0.2) is 36.5 Å². The lowest BCUT2D eigenvalue weighted by molar-refractivity contribution is -0.147. The lowest BCUT2D eigenvalue weighted by Crippen LogP contribution is -2.43. The number of rotatable bonds is 37. The predicted molar refractivity (Wildman–Crippen MR) is 208 cm³/mol. The summed E-state index contributed by atoms with van der Waals surface area (Å²) in [6, 6.07) is -1.55. The predicted octanol–water partition coefficient (Wildman–Crippen LogP) is 9.66. The van der Waals surface area contributed by atoms with Gasteiger partial charge in [-0.05, 0) is 64.2 Å². The highest BCUT2D eigenvalue weighted by atomic mass is 31.2. The van der Waals surface area contributed by atoms with Crippen molar-refractivity contribution >= 4 is 25.7 Å². The van der Waals surface area contributed by atoms with Gasteiger partial charge in [0.2, 0.25) is 5.91 Å². The van der Waals surface area contributed by atoms with Gasteiger partial charge >= 0.3 is 19.8 Å². The summed E-state index contributed by atoms with van der Waals surface area (Å²) >= 11 is 0. The quantitative estimate of drug-likeness (QED) is 0.0207. The maximum Gasteiger partial charge on any atom is 0.472 e. The fourth-order valence-electron chi connectivity index (χ4n) is 5.23. The molecule has 3 unspecified atom stereocenters. The summed E-state index contributed by atoms with van der Waals surface area (Å²) in [6.07, 6.45) is 36.1. The number of aliphatic carboxylic acids is 1. The van der Waals surface area contributed by atoms with Crippen molar-refractivity contribution in [2.75, 3.05) is 19.8 Å². The van der Waals surface area contributed by atoms with E-state index in [1.54, 1.807) is 0 Å². The lowest BCUT2D eigenvalue weighted by atomic mass is 10.1. The number of carboxylic acids is 1. The zero-order chi connectivity index (χ0) is 38.5. The molecule has 0 aliphatic rings. The van der Waals surface area contributed by atoms with Crippen molar-refractivity contribution in [3.8, 4) is 0 Å². The van der Waals surface area contributed by atoms with Gasteiger partial charge in [0.05, 0.1) is 13.2 Å². The van der Waals surface area contributed by atoms with Crippen molar-refractivity contribution < 1.29 is 47.8 Å². The molecule has 302 valence electrons. The van der Waals surface area contributed by atoms with Gasteiger partial charge in [0.25, 0.3) is 0 Å². The Hall–Kier alpha value is -2.30. The molecule has 11 nitrogen and oxygen atoms in total. The number of aliphatic hydroxyl groups is 1. The summed E-state index contributed by atoms with van der Waals surface area (Å²) in [6.45, 7) is 2.47. The molecule has 0 saturated carbocycles. The van der Waals surface area contributed by atoms with Crippen molar-refractivity contribution in [3.05, 3.63) is 36.5 Å². The molecule has 0 radical (unpaired) electrons. The standard InChI is InChI=1S/C40H72NO10P/c1-3-5-7-9-11-13-15-16-17-18-19-20-21-22-24-26-28-30-32-39(44)49-33-36(42)34-50-52(47,48)51-35-37(40(45)46)41-38(43)31-29-27-25-23-14-12-10-8-6-4-2/h8,10,13,15,17-18,36-37,42H,3-7,9,11-12,14,16,19-35H2,1-2H3,(H,41,43)(H,45,46)(H,47,48)/b10-8-,15-13-,18-17-. The molecule has 0 aliphatic heterocycles. The van der Waals surface area contributed by atoms with Crippen LogP contribution < -0.4 is 5.32 Å². The van der Waals surface area contributed by atoms with Gasteiger partial charge in [0, 0.05) is 12.8 Å². The van der Waals surface area contributed by atoms with Crippen LogP contribution in [0.5, 0.6) is 0 Å². The number of phosphoric acid groups is 1. The smallest absolute Gasteiger partial charge is 0.472 e. The van der Waals surface area contributed by atoms with E-state index in [0.29, 0.717) is 12.8 Å². The van der Waals surface area contributed by atoms with Gasteiger partial charge in [-0.25, -0.2) is 9.36 Å². The third kappa shape index (κ3) is 34.8. The van der Waals surface area contributed by atoms with Crippen LogP contribution in [0.2, 0.25) is 0 Å². The molecule has 0 aromatic rings. The largest absolute Gasteiger partial charge is 0.480 e. The van der Waals surface area contributed by atoms with Crippen LogP contribution in [-0.4, -0.2) is 64.9 Å². The monoisotopic (exact) mass is 757 g/mol. The maximum atomic E-state index is 12.2. The molecule has 3 atom stereocenters. The van der Waals surface area contributed by atoms with Crippen molar-refractivity contribution in [1.82, 2.24) is 5.32 Å². The summed E-state index contributed by atoms with van der Waals surface area (Å²) in [5.41, 5.74) is 0. The van der Waals surface area contributed by atoms with Crippen molar-refractivity contribution in [2.24, 2.45) is 0 Å². The maximum absolute atomic E-state index is 12.2. The number of carbonyl (C=O) groups is 3. The van der Waals surface area contributed by atoms with E-state index in [2.05, 4.69) is 55.6 Å². The minimum Gasteiger partial charge on any atom is -0.480 e. The Labute approximate surface area is 314 Å². The van der Waals surface area contributed by atoms with Gasteiger partial charge in [0.1, 0.15) is 12.7 Å². The van der Waals surface area contributed by atoms with E-state index in [-0.39, 0.29) is 12.8 Å². The highest BCUT2D eigenvalue weighted by Crippen LogP contribution is 2.43. The SMILES string of the molecule is CCC/C=C\CCCCCCCC(=O)NC(COP(=O)(O)OCC(O)COC(=O)CCCCCCCCC/C=C\C/C=C\CCCCCC)C(=O)O. The highest BCUT2D eigenvalue weighted by molar-refractivity contribution is 7.47. The van der Waals surface area contributed by atoms with Crippen LogP contribution in [0.1, 0.15) is 168 Å². The number of hydrogen-bond donors (Lipinski definition) is 4. The molecule has 0 heterocycles. The minimum absolute atomic E-state index is 0.134. The van der Waals surface area contributed by atoms with Crippen molar-refractivity contribution in [1.29, 1.82) is 0 Å². The van der Waals surface area contributed by atoms with E-state index in [1.165, 1.54) is 51.4 Å². The van der Waals surface area contributed by atoms with Crippen molar-refractivity contribution in [2.45, 2.75) is 180 Å². The number of esters is 1. The fourth-order valence-corrected chi connectivity index (χ4v) is 6.00. The molecular weight excluding hydrogens is 685 g/mol. The van der Waals surface area contributed by atoms with Crippen LogP contribution >= 0.6 is 7.82 Å². The van der Waals surface area contributed by atoms with E-state index in [0.717, 1.165) is 77.0 Å². The number of carboxylic acid groups (broad SMARTS) is 1. The normalized spacial score (nSPS) is 14.2. The first-order chi connectivity index (χ1) is 25.1. The number of phosphoric ester groups is 1. The average Bonchev–Trinajstić information content (AvgIpc) is 3.11. The molecule has 0 bridgehead atoms. The Balaban J connectivity index is 3.92. The molecular formula is C40H72NO10P. The van der Waals surface area contributed by atoms with E-state index in [4.69, 9.17) is 13.8 Å². The first-order valence-corrected chi connectivity index (χ1v) is 21.5. The third-order valence-electron chi connectivity index (χ3n) is 8.38. The molecule has 0 aromatic carbocycles. The first kappa shape index (κ1) is 49.7. The van der Waals surface area contributed by atoms with Gasteiger partial charge in [-0.2, -0.15) is 0 Å². The number of ether oxygens (including phenoxy) is 1. The number of hydrogen-bond acceptors (Lipinski definition) is 8. The van der Waals surface area contributed by atoms with Crippen molar-refractivity contribution in [3.63, 3.8) is 0 Å². The number of amides is 1. The molecule has 4 N–H and O–H groups in total. The van der Waals surface area contributed by atoms with E-state index < -0.39 is 57.6 Å². The van der Waals surface area contributed by atoms with E-state index in [1.807, 2.05) is 0 Å². The van der Waals surface area contributed by atoms with Gasteiger partial charge < -0.3 is 25.2 Å². The molecule has 0 saturated heterocycles. The summed E-state index contributed by atoms with van der Waals surface area (Å²) in [5, 5.41) is 21.7. The number of nitrogens with one attached hydrogen (secondary N) is 1. The minimum atomic E-state index is -4.75. The van der Waals surface area contributed by atoms with Gasteiger partial charge in [-0.3, -0.25) is 18.6 Å². The second kappa shape index (κ2) is 35.7. The highest BCUT2D eigenvalue weighted by Gasteiger charge is 2.28. The molecule has 0 spiro atoms. The van der Waals surface area contributed by atoms with Crippen LogP contribution in [0.3, 0.4) is 0 Å². The molecule has 12 heteroatoms. The molecule has 0 rings (SSSR count).